The quantitative estimate of drug-likeness (QED) is 0.436. The molecule has 6 rings (SSSR count). The fourth-order valence-corrected chi connectivity index (χ4v) is 6.70. The third kappa shape index (κ3) is 3.02. The minimum absolute atomic E-state index is 0.144. The first-order valence-electron chi connectivity index (χ1n) is 12.0. The molecule has 0 amide bonds. The Morgan fingerprint density at radius 2 is 1.59 bits per heavy atom. The molecule has 7 heteroatoms. The van der Waals surface area contributed by atoms with Crippen molar-refractivity contribution in [3.05, 3.63) is 94.0 Å². The number of carbonyl (C=O) groups excluding carboxylic acids is 3. The maximum Gasteiger partial charge on any atom is 0.180 e. The average Bonchev–Trinajstić information content (AvgIpc) is 3.34. The molecule has 0 N–H and O–H groups in total. The van der Waals surface area contributed by atoms with Gasteiger partial charge in [-0.3, -0.25) is 14.4 Å². The Labute approximate surface area is 219 Å². The SMILES string of the molecule is COc1ccc(C2C(C(C)=O)N3c4ccc(Cl)cc4C=CC3C23C(=O)c2ccccc2C3=O)cc1OC. The van der Waals surface area contributed by atoms with Crippen LogP contribution in [0, 0.1) is 5.41 Å². The number of anilines is 1. The van der Waals surface area contributed by atoms with Crippen LogP contribution in [0.3, 0.4) is 0 Å². The second-order valence-corrected chi connectivity index (χ2v) is 10.1. The first-order valence-corrected chi connectivity index (χ1v) is 12.4. The molecule has 0 bridgehead atoms. The van der Waals surface area contributed by atoms with Gasteiger partial charge in [0.1, 0.15) is 5.41 Å². The number of hydrogen-bond acceptors (Lipinski definition) is 6. The maximum absolute atomic E-state index is 14.4. The van der Waals surface area contributed by atoms with E-state index in [2.05, 4.69) is 0 Å². The number of fused-ring (bicyclic) bond motifs is 5. The lowest BCUT2D eigenvalue weighted by molar-refractivity contribution is -0.118. The number of ether oxygens (including phenoxy) is 2. The van der Waals surface area contributed by atoms with Crippen molar-refractivity contribution in [1.82, 2.24) is 0 Å². The van der Waals surface area contributed by atoms with Gasteiger partial charge in [-0.2, -0.15) is 0 Å². The third-order valence-corrected chi connectivity index (χ3v) is 8.18. The van der Waals surface area contributed by atoms with Crippen LogP contribution in [0.5, 0.6) is 11.5 Å². The summed E-state index contributed by atoms with van der Waals surface area (Å²) in [7, 11) is 3.07. The highest BCUT2D eigenvalue weighted by Crippen LogP contribution is 2.61. The number of hydrogen-bond donors (Lipinski definition) is 0. The molecular formula is C30H24ClNO5. The van der Waals surface area contributed by atoms with Crippen molar-refractivity contribution in [2.45, 2.75) is 24.9 Å². The van der Waals surface area contributed by atoms with E-state index in [0.717, 1.165) is 11.3 Å². The number of carbonyl (C=O) groups is 3. The molecule has 2 aliphatic heterocycles. The van der Waals surface area contributed by atoms with E-state index >= 15 is 0 Å². The number of rotatable bonds is 4. The van der Waals surface area contributed by atoms with Crippen LogP contribution >= 0.6 is 11.6 Å². The first kappa shape index (κ1) is 23.5. The van der Waals surface area contributed by atoms with E-state index in [-0.39, 0.29) is 17.3 Å². The third-order valence-electron chi connectivity index (χ3n) is 7.95. The van der Waals surface area contributed by atoms with Gasteiger partial charge in [0.15, 0.2) is 28.8 Å². The summed E-state index contributed by atoms with van der Waals surface area (Å²) in [6.07, 6.45) is 3.76. The van der Waals surface area contributed by atoms with Crippen molar-refractivity contribution < 1.29 is 23.9 Å². The van der Waals surface area contributed by atoms with Crippen LogP contribution in [0.1, 0.15) is 44.7 Å². The number of methoxy groups -OCH3 is 2. The van der Waals surface area contributed by atoms with Gasteiger partial charge < -0.3 is 14.4 Å². The van der Waals surface area contributed by atoms with Crippen molar-refractivity contribution in [1.29, 1.82) is 0 Å². The topological polar surface area (TPSA) is 72.9 Å². The molecule has 3 aliphatic rings. The second kappa shape index (κ2) is 8.32. The van der Waals surface area contributed by atoms with Gasteiger partial charge in [-0.05, 0) is 48.4 Å². The summed E-state index contributed by atoms with van der Waals surface area (Å²) in [4.78, 5) is 44.3. The minimum Gasteiger partial charge on any atom is -0.493 e. The van der Waals surface area contributed by atoms with E-state index in [4.69, 9.17) is 21.1 Å². The molecule has 186 valence electrons. The monoisotopic (exact) mass is 513 g/mol. The average molecular weight is 514 g/mol. The molecular weight excluding hydrogens is 490 g/mol. The molecule has 0 saturated carbocycles. The van der Waals surface area contributed by atoms with Crippen molar-refractivity contribution in [3.8, 4) is 11.5 Å². The molecule has 1 fully saturated rings. The predicted octanol–water partition coefficient (Wildman–Crippen LogP) is 5.38. The lowest BCUT2D eigenvalue weighted by atomic mass is 9.64. The number of Topliss-reactive ketones (excluding diaryl/α,β-unsaturated/α-hetero) is 3. The zero-order valence-corrected chi connectivity index (χ0v) is 21.3. The molecule has 3 atom stereocenters. The van der Waals surface area contributed by atoms with Gasteiger partial charge in [0, 0.05) is 27.8 Å². The van der Waals surface area contributed by atoms with Crippen LogP contribution in [0.2, 0.25) is 5.02 Å². The highest BCUT2D eigenvalue weighted by Gasteiger charge is 2.71. The molecule has 37 heavy (non-hydrogen) atoms. The van der Waals surface area contributed by atoms with Crippen molar-refractivity contribution in [3.63, 3.8) is 0 Å². The number of nitrogens with zero attached hydrogens (tertiary/aromatic N) is 1. The van der Waals surface area contributed by atoms with E-state index < -0.39 is 23.4 Å². The van der Waals surface area contributed by atoms with Gasteiger partial charge in [0.05, 0.1) is 26.3 Å². The van der Waals surface area contributed by atoms with E-state index in [9.17, 15) is 14.4 Å². The van der Waals surface area contributed by atoms with Crippen molar-refractivity contribution >= 4 is 40.7 Å². The molecule has 0 radical (unpaired) electrons. The Balaban J connectivity index is 1.67. The molecule has 3 aromatic rings. The minimum atomic E-state index is -1.53. The summed E-state index contributed by atoms with van der Waals surface area (Å²) in [6.45, 7) is 1.51. The Hall–Kier alpha value is -3.90. The van der Waals surface area contributed by atoms with E-state index in [1.807, 2.05) is 35.3 Å². The Morgan fingerprint density at radius 1 is 0.919 bits per heavy atom. The van der Waals surface area contributed by atoms with E-state index in [0.29, 0.717) is 33.2 Å². The van der Waals surface area contributed by atoms with Gasteiger partial charge in [0.25, 0.3) is 0 Å². The highest BCUT2D eigenvalue weighted by atomic mass is 35.5. The lowest BCUT2D eigenvalue weighted by Gasteiger charge is -2.37. The Morgan fingerprint density at radius 3 is 2.22 bits per heavy atom. The number of ketones is 3. The molecule has 3 unspecified atom stereocenters. The standard InChI is InChI=1S/C30H24ClNO5/c1-16(33)27-26(18-8-12-23(36-2)24(15-18)37-3)30(28(34)20-6-4-5-7-21(20)29(30)35)25-13-9-17-14-19(31)10-11-22(17)32(25)27/h4-15,25-27H,1-3H3. The Bertz CT molecular complexity index is 1490. The summed E-state index contributed by atoms with van der Waals surface area (Å²) in [5, 5.41) is 0.562. The summed E-state index contributed by atoms with van der Waals surface area (Å²) >= 11 is 6.28. The summed E-state index contributed by atoms with van der Waals surface area (Å²) in [6, 6.07) is 16.2. The molecule has 3 aromatic carbocycles. The van der Waals surface area contributed by atoms with Crippen LogP contribution in [0.25, 0.3) is 6.08 Å². The summed E-state index contributed by atoms with van der Waals surface area (Å²) < 4.78 is 11.0. The normalized spacial score (nSPS) is 22.6. The van der Waals surface area contributed by atoms with Crippen LogP contribution in [-0.4, -0.2) is 43.7 Å². The lowest BCUT2D eigenvalue weighted by Crippen LogP contribution is -2.48. The van der Waals surface area contributed by atoms with Gasteiger partial charge in [-0.25, -0.2) is 0 Å². The van der Waals surface area contributed by atoms with Crippen LogP contribution < -0.4 is 14.4 Å². The fourth-order valence-electron chi connectivity index (χ4n) is 6.52. The smallest absolute Gasteiger partial charge is 0.180 e. The molecule has 1 spiro atoms. The van der Waals surface area contributed by atoms with Crippen molar-refractivity contribution in [2.75, 3.05) is 19.1 Å². The zero-order chi connectivity index (χ0) is 26.1. The van der Waals surface area contributed by atoms with Crippen molar-refractivity contribution in [2.24, 2.45) is 5.41 Å². The fraction of sp³-hybridized carbons (Fsp3) is 0.233. The van der Waals surface area contributed by atoms with Gasteiger partial charge >= 0.3 is 0 Å². The largest absolute Gasteiger partial charge is 0.493 e. The molecule has 2 heterocycles. The van der Waals surface area contributed by atoms with Crippen LogP contribution in [0.15, 0.2) is 66.7 Å². The van der Waals surface area contributed by atoms with Crippen LogP contribution in [-0.2, 0) is 4.79 Å². The zero-order valence-electron chi connectivity index (χ0n) is 20.5. The highest BCUT2D eigenvalue weighted by molar-refractivity contribution is 6.32. The molecule has 1 aliphatic carbocycles. The Kier molecular flexibility index (Phi) is 5.28. The molecule has 1 saturated heterocycles. The maximum atomic E-state index is 14.4. The predicted molar refractivity (Wildman–Crippen MR) is 141 cm³/mol. The van der Waals surface area contributed by atoms with E-state index in [1.54, 1.807) is 49.6 Å². The van der Waals surface area contributed by atoms with Gasteiger partial charge in [-0.1, -0.05) is 54.1 Å². The van der Waals surface area contributed by atoms with Gasteiger partial charge in [0.2, 0.25) is 0 Å². The number of halogens is 1. The molecule has 0 aromatic heterocycles. The number of benzene rings is 3. The summed E-state index contributed by atoms with van der Waals surface area (Å²) in [5.41, 5.74) is 1.48. The van der Waals surface area contributed by atoms with Gasteiger partial charge in [-0.15, -0.1) is 0 Å². The molecule has 6 nitrogen and oxygen atoms in total. The van der Waals surface area contributed by atoms with Crippen LogP contribution in [0.4, 0.5) is 5.69 Å². The summed E-state index contributed by atoms with van der Waals surface area (Å²) in [5.74, 6) is -0.478. The second-order valence-electron chi connectivity index (χ2n) is 9.63. The first-order chi connectivity index (χ1) is 17.8. The van der Waals surface area contributed by atoms with E-state index in [1.165, 1.54) is 14.0 Å².